The number of carbonyl (C=O) groups is 2. The molecule has 1 aromatic carbocycles. The number of carboxylic acid groups (broad SMARTS) is 1. The molecule has 0 saturated heterocycles. The van der Waals surface area contributed by atoms with Gasteiger partial charge in [-0.3, -0.25) is 4.79 Å². The fraction of sp³-hybridized carbons (Fsp3) is 0.250. The average Bonchev–Trinajstić information content (AvgIpc) is 2.72. The zero-order valence-electron chi connectivity index (χ0n) is 13.2. The van der Waals surface area contributed by atoms with E-state index in [1.165, 1.54) is 36.7 Å². The number of nitrogens with one attached hydrogen (secondary N) is 1. The van der Waals surface area contributed by atoms with E-state index in [2.05, 4.69) is 5.32 Å². The summed E-state index contributed by atoms with van der Waals surface area (Å²) in [6.07, 6.45) is -1.80. The van der Waals surface area contributed by atoms with Gasteiger partial charge in [-0.15, -0.1) is 0 Å². The first-order valence-electron chi connectivity index (χ1n) is 6.98. The lowest BCUT2D eigenvalue weighted by Crippen LogP contribution is -2.15. The van der Waals surface area contributed by atoms with Gasteiger partial charge in [0.25, 0.3) is 5.91 Å². The number of carboxylic acids is 1. The molecule has 0 aliphatic carbocycles. The molecule has 0 aliphatic rings. The van der Waals surface area contributed by atoms with E-state index in [-0.39, 0.29) is 22.0 Å². The fourth-order valence-electron chi connectivity index (χ4n) is 2.49. The SMILES string of the molecule is Cc1cc(NC(=O)c2c(C)c(C(O)C(=O)O)n(C)c2Cl)ccc1F. The summed E-state index contributed by atoms with van der Waals surface area (Å²) in [7, 11) is 1.45. The molecular weight excluding hydrogens is 339 g/mol. The summed E-state index contributed by atoms with van der Waals surface area (Å²) in [5.74, 6) is -2.42. The van der Waals surface area contributed by atoms with Crippen molar-refractivity contribution in [2.24, 2.45) is 7.05 Å². The zero-order chi connectivity index (χ0) is 18.2. The maximum Gasteiger partial charge on any atom is 0.338 e. The van der Waals surface area contributed by atoms with E-state index in [4.69, 9.17) is 16.7 Å². The molecule has 1 amide bonds. The molecule has 3 N–H and O–H groups in total. The minimum atomic E-state index is -1.80. The molecule has 1 aromatic heterocycles. The quantitative estimate of drug-likeness (QED) is 0.787. The van der Waals surface area contributed by atoms with E-state index in [9.17, 15) is 19.1 Å². The van der Waals surface area contributed by atoms with Gasteiger partial charge in [0.2, 0.25) is 0 Å². The molecule has 0 fully saturated rings. The Labute approximate surface area is 142 Å². The molecule has 1 unspecified atom stereocenters. The van der Waals surface area contributed by atoms with Crippen molar-refractivity contribution in [2.45, 2.75) is 20.0 Å². The Kier molecular flexibility index (Phi) is 4.96. The predicted molar refractivity (Wildman–Crippen MR) is 86.8 cm³/mol. The van der Waals surface area contributed by atoms with E-state index in [1.807, 2.05) is 0 Å². The van der Waals surface area contributed by atoms with Crippen molar-refractivity contribution in [1.82, 2.24) is 4.57 Å². The molecule has 0 aliphatic heterocycles. The van der Waals surface area contributed by atoms with Crippen LogP contribution in [0.4, 0.5) is 10.1 Å². The number of aliphatic hydroxyl groups excluding tert-OH is 1. The summed E-state index contributed by atoms with van der Waals surface area (Å²) in [5, 5.41) is 21.3. The van der Waals surface area contributed by atoms with Crippen molar-refractivity contribution >= 4 is 29.2 Å². The van der Waals surface area contributed by atoms with E-state index in [0.717, 1.165) is 0 Å². The van der Waals surface area contributed by atoms with Gasteiger partial charge in [-0.05, 0) is 43.2 Å². The van der Waals surface area contributed by atoms with Gasteiger partial charge in [0.05, 0.1) is 11.3 Å². The maximum atomic E-state index is 13.3. The molecule has 2 aromatic rings. The smallest absolute Gasteiger partial charge is 0.338 e. The summed E-state index contributed by atoms with van der Waals surface area (Å²) >= 11 is 6.12. The van der Waals surface area contributed by atoms with Crippen LogP contribution in [0.25, 0.3) is 0 Å². The van der Waals surface area contributed by atoms with Crippen LogP contribution in [-0.2, 0) is 11.8 Å². The lowest BCUT2D eigenvalue weighted by Gasteiger charge is -2.09. The Morgan fingerprint density at radius 1 is 1.33 bits per heavy atom. The summed E-state index contributed by atoms with van der Waals surface area (Å²) < 4.78 is 14.5. The van der Waals surface area contributed by atoms with Crippen molar-refractivity contribution in [3.63, 3.8) is 0 Å². The van der Waals surface area contributed by atoms with Gasteiger partial charge in [0, 0.05) is 12.7 Å². The van der Waals surface area contributed by atoms with Gasteiger partial charge in [-0.2, -0.15) is 0 Å². The van der Waals surface area contributed by atoms with Crippen LogP contribution in [0.3, 0.4) is 0 Å². The molecule has 1 heterocycles. The van der Waals surface area contributed by atoms with Crippen LogP contribution < -0.4 is 5.32 Å². The molecule has 0 saturated carbocycles. The largest absolute Gasteiger partial charge is 0.479 e. The number of amides is 1. The third-order valence-electron chi connectivity index (χ3n) is 3.76. The number of hydrogen-bond acceptors (Lipinski definition) is 3. The monoisotopic (exact) mass is 354 g/mol. The molecular formula is C16H16ClFN2O4. The summed E-state index contributed by atoms with van der Waals surface area (Å²) in [4.78, 5) is 23.5. The molecule has 0 bridgehead atoms. The number of nitrogens with zero attached hydrogens (tertiary/aromatic N) is 1. The second-order valence-electron chi connectivity index (χ2n) is 5.39. The van der Waals surface area contributed by atoms with Crippen molar-refractivity contribution in [3.8, 4) is 0 Å². The van der Waals surface area contributed by atoms with Crippen molar-refractivity contribution in [1.29, 1.82) is 0 Å². The van der Waals surface area contributed by atoms with Crippen molar-refractivity contribution in [3.05, 3.63) is 51.6 Å². The predicted octanol–water partition coefficient (Wildman–Crippen LogP) is 2.80. The number of anilines is 1. The Balaban J connectivity index is 2.41. The minimum absolute atomic E-state index is 0.000802. The van der Waals surface area contributed by atoms with Gasteiger partial charge < -0.3 is 20.1 Å². The Hall–Kier alpha value is -2.38. The average molecular weight is 355 g/mol. The number of aromatic nitrogens is 1. The topological polar surface area (TPSA) is 91.6 Å². The highest BCUT2D eigenvalue weighted by Gasteiger charge is 2.29. The van der Waals surface area contributed by atoms with Crippen LogP contribution in [0.2, 0.25) is 5.15 Å². The Bertz CT molecular complexity index is 832. The van der Waals surface area contributed by atoms with E-state index in [1.54, 1.807) is 6.92 Å². The van der Waals surface area contributed by atoms with Gasteiger partial charge in [-0.25, -0.2) is 9.18 Å². The highest BCUT2D eigenvalue weighted by Crippen LogP contribution is 2.31. The van der Waals surface area contributed by atoms with Crippen molar-refractivity contribution in [2.75, 3.05) is 5.32 Å². The number of halogens is 2. The van der Waals surface area contributed by atoms with E-state index < -0.39 is 23.8 Å². The Morgan fingerprint density at radius 2 is 1.96 bits per heavy atom. The first-order valence-corrected chi connectivity index (χ1v) is 7.36. The second-order valence-corrected chi connectivity index (χ2v) is 5.75. The normalized spacial score (nSPS) is 12.1. The zero-order valence-corrected chi connectivity index (χ0v) is 14.0. The van der Waals surface area contributed by atoms with Crippen molar-refractivity contribution < 1.29 is 24.2 Å². The molecule has 0 spiro atoms. The number of benzene rings is 1. The molecule has 8 heteroatoms. The second kappa shape index (κ2) is 6.62. The lowest BCUT2D eigenvalue weighted by molar-refractivity contribution is -0.147. The highest BCUT2D eigenvalue weighted by atomic mass is 35.5. The number of hydrogen-bond donors (Lipinski definition) is 3. The Morgan fingerprint density at radius 3 is 2.50 bits per heavy atom. The fourth-order valence-corrected chi connectivity index (χ4v) is 2.81. The van der Waals surface area contributed by atoms with Crippen LogP contribution in [0.15, 0.2) is 18.2 Å². The number of aliphatic carboxylic acids is 1. The number of rotatable bonds is 4. The van der Waals surface area contributed by atoms with E-state index in [0.29, 0.717) is 11.3 Å². The molecule has 1 atom stereocenters. The summed E-state index contributed by atoms with van der Waals surface area (Å²) in [5.41, 5.74) is 1.07. The third kappa shape index (κ3) is 3.13. The molecule has 24 heavy (non-hydrogen) atoms. The summed E-state index contributed by atoms with van der Waals surface area (Å²) in [6.45, 7) is 3.06. The van der Waals surface area contributed by atoms with Gasteiger partial charge in [0.1, 0.15) is 11.0 Å². The first kappa shape index (κ1) is 18.0. The highest BCUT2D eigenvalue weighted by molar-refractivity contribution is 6.34. The van der Waals surface area contributed by atoms with Crippen LogP contribution in [0.5, 0.6) is 0 Å². The van der Waals surface area contributed by atoms with Crippen LogP contribution in [-0.4, -0.2) is 26.7 Å². The van der Waals surface area contributed by atoms with Gasteiger partial charge in [-0.1, -0.05) is 11.6 Å². The summed E-state index contributed by atoms with van der Waals surface area (Å²) in [6, 6.07) is 4.09. The molecule has 6 nitrogen and oxygen atoms in total. The van der Waals surface area contributed by atoms with E-state index >= 15 is 0 Å². The minimum Gasteiger partial charge on any atom is -0.479 e. The number of aryl methyl sites for hydroxylation is 1. The van der Waals surface area contributed by atoms with Crippen LogP contribution in [0, 0.1) is 19.7 Å². The molecule has 128 valence electrons. The first-order chi connectivity index (χ1) is 11.1. The van der Waals surface area contributed by atoms with Crippen LogP contribution in [0.1, 0.15) is 33.3 Å². The lowest BCUT2D eigenvalue weighted by atomic mass is 10.1. The molecule has 2 rings (SSSR count). The number of carbonyl (C=O) groups excluding carboxylic acids is 1. The number of aliphatic hydroxyl groups is 1. The standard InChI is InChI=1S/C16H16ClFN2O4/c1-7-6-9(4-5-10(7)18)19-15(22)11-8(2)12(13(21)16(23)24)20(3)14(11)17/h4-6,13,21H,1-3H3,(H,19,22)(H,23,24). The van der Waals surface area contributed by atoms with Gasteiger partial charge in [0.15, 0.2) is 6.10 Å². The van der Waals surface area contributed by atoms with Crippen LogP contribution >= 0.6 is 11.6 Å². The third-order valence-corrected chi connectivity index (χ3v) is 4.20. The van der Waals surface area contributed by atoms with Gasteiger partial charge >= 0.3 is 5.97 Å². The maximum absolute atomic E-state index is 13.3. The molecule has 0 radical (unpaired) electrons.